The largest absolute Gasteiger partial charge is 0.497 e. The summed E-state index contributed by atoms with van der Waals surface area (Å²) < 4.78 is 30.1. The number of nitrogens with zero attached hydrogens (tertiary/aromatic N) is 1. The van der Waals surface area contributed by atoms with E-state index in [4.69, 9.17) is 28.8 Å². The Hall–Kier alpha value is -5.20. The summed E-state index contributed by atoms with van der Waals surface area (Å²) in [5, 5.41) is 8.95. The van der Waals surface area contributed by atoms with E-state index in [-0.39, 0.29) is 39.4 Å². The lowest BCUT2D eigenvalue weighted by atomic mass is 9.80. The zero-order valence-corrected chi connectivity index (χ0v) is 25.5. The molecule has 0 amide bonds. The summed E-state index contributed by atoms with van der Waals surface area (Å²) in [6.07, 6.45) is 0.659. The van der Waals surface area contributed by atoms with Gasteiger partial charge in [-0.05, 0) is 41.0 Å². The van der Waals surface area contributed by atoms with Crippen LogP contribution in [0.4, 0.5) is 0 Å². The van der Waals surface area contributed by atoms with Crippen molar-refractivity contribution < 1.29 is 38.4 Å². The van der Waals surface area contributed by atoms with Gasteiger partial charge in [-0.1, -0.05) is 54.6 Å². The number of ether oxygens (including phenoxy) is 5. The van der Waals surface area contributed by atoms with Gasteiger partial charge >= 0.3 is 17.6 Å². The van der Waals surface area contributed by atoms with E-state index in [0.717, 1.165) is 16.7 Å². The molecule has 242 valence electrons. The van der Waals surface area contributed by atoms with Gasteiger partial charge in [-0.15, -0.1) is 0 Å². The second-order valence-electron chi connectivity index (χ2n) is 10.3. The van der Waals surface area contributed by atoms with Crippen molar-refractivity contribution in [1.29, 1.82) is 0 Å². The number of benzene rings is 3. The van der Waals surface area contributed by atoms with E-state index in [1.807, 2.05) is 78.9 Å². The highest BCUT2D eigenvalue weighted by molar-refractivity contribution is 5.76. The molecular weight excluding hydrogens is 596 g/mol. The van der Waals surface area contributed by atoms with E-state index in [9.17, 15) is 19.2 Å². The molecule has 12 nitrogen and oxygen atoms in total. The average molecular weight is 633 g/mol. The Morgan fingerprint density at radius 1 is 0.783 bits per heavy atom. The van der Waals surface area contributed by atoms with Crippen molar-refractivity contribution >= 4 is 11.9 Å². The van der Waals surface area contributed by atoms with Crippen molar-refractivity contribution in [2.75, 3.05) is 34.0 Å². The van der Waals surface area contributed by atoms with E-state index in [2.05, 4.69) is 4.98 Å². The van der Waals surface area contributed by atoms with Gasteiger partial charge in [0.1, 0.15) is 23.8 Å². The van der Waals surface area contributed by atoms with Crippen molar-refractivity contribution in [3.63, 3.8) is 0 Å². The number of aromatic nitrogens is 2. The highest BCUT2D eigenvalue weighted by Gasteiger charge is 2.38. The number of methoxy groups -OCH3 is 2. The molecule has 0 saturated carbocycles. The van der Waals surface area contributed by atoms with Gasteiger partial charge in [0.05, 0.1) is 46.9 Å². The number of carbonyl (C=O) groups excluding carboxylic acids is 1. The first-order valence-corrected chi connectivity index (χ1v) is 14.5. The number of carboxylic acid groups (broad SMARTS) is 1. The molecule has 46 heavy (non-hydrogen) atoms. The molecular formula is C34H36N2O10. The van der Waals surface area contributed by atoms with Crippen molar-refractivity contribution in [3.8, 4) is 11.5 Å². The molecule has 1 unspecified atom stereocenters. The van der Waals surface area contributed by atoms with E-state index in [0.29, 0.717) is 11.5 Å². The molecule has 0 fully saturated rings. The van der Waals surface area contributed by atoms with Crippen LogP contribution in [0.5, 0.6) is 11.5 Å². The van der Waals surface area contributed by atoms with Gasteiger partial charge in [0.25, 0.3) is 5.56 Å². The fourth-order valence-corrected chi connectivity index (χ4v) is 4.82. The van der Waals surface area contributed by atoms with Gasteiger partial charge in [0, 0.05) is 18.2 Å². The molecule has 1 aromatic heterocycles. The summed E-state index contributed by atoms with van der Waals surface area (Å²) in [6.45, 7) is -0.317. The number of aromatic amines is 1. The molecule has 0 radical (unpaired) electrons. The Balaban J connectivity index is 1.68. The van der Waals surface area contributed by atoms with Gasteiger partial charge in [0.2, 0.25) is 0 Å². The van der Waals surface area contributed by atoms with Crippen LogP contribution < -0.4 is 20.7 Å². The number of hydrogen-bond acceptors (Lipinski definition) is 9. The van der Waals surface area contributed by atoms with Crippen molar-refractivity contribution in [2.24, 2.45) is 5.92 Å². The summed E-state index contributed by atoms with van der Waals surface area (Å²) in [6, 6.07) is 25.8. The second-order valence-corrected chi connectivity index (χ2v) is 10.3. The smallest absolute Gasteiger partial charge is 0.330 e. The van der Waals surface area contributed by atoms with E-state index >= 15 is 0 Å². The van der Waals surface area contributed by atoms with Gasteiger partial charge in [-0.2, -0.15) is 0 Å². The number of aliphatic carboxylic acids is 1. The molecule has 12 heteroatoms. The number of hydrogen-bond donors (Lipinski definition) is 2. The third-order valence-electron chi connectivity index (χ3n) is 7.21. The summed E-state index contributed by atoms with van der Waals surface area (Å²) >= 11 is 0. The Bertz CT molecular complexity index is 1630. The normalized spacial score (nSPS) is 11.9. The Morgan fingerprint density at radius 2 is 1.37 bits per heavy atom. The highest BCUT2D eigenvalue weighted by Crippen LogP contribution is 2.42. The van der Waals surface area contributed by atoms with Crippen LogP contribution in [0.1, 0.15) is 29.5 Å². The van der Waals surface area contributed by atoms with Crippen LogP contribution in [0, 0.1) is 5.92 Å². The van der Waals surface area contributed by atoms with Gasteiger partial charge in [-0.25, -0.2) is 4.79 Å². The Labute approximate surface area is 265 Å². The van der Waals surface area contributed by atoms with E-state index in [1.54, 1.807) is 14.2 Å². The molecule has 0 saturated heterocycles. The Kier molecular flexibility index (Phi) is 11.9. The summed E-state index contributed by atoms with van der Waals surface area (Å²) in [5.74, 6) is -1.01. The zero-order valence-electron chi connectivity index (χ0n) is 25.5. The molecule has 0 aliphatic heterocycles. The molecule has 1 atom stereocenters. The third-order valence-corrected chi connectivity index (χ3v) is 7.21. The number of carbonyl (C=O) groups is 2. The van der Waals surface area contributed by atoms with Gasteiger partial charge in [-0.3, -0.25) is 23.9 Å². The lowest BCUT2D eigenvalue weighted by Crippen LogP contribution is -2.37. The van der Waals surface area contributed by atoms with Crippen LogP contribution in [-0.4, -0.2) is 60.6 Å². The topological polar surface area (TPSA) is 155 Å². The van der Waals surface area contributed by atoms with Crippen molar-refractivity contribution in [2.45, 2.75) is 25.2 Å². The van der Waals surface area contributed by atoms with Crippen LogP contribution in [-0.2, 0) is 36.1 Å². The molecule has 3 aromatic carbocycles. The van der Waals surface area contributed by atoms with Crippen LogP contribution in [0.2, 0.25) is 0 Å². The number of nitrogens with one attached hydrogen (secondary N) is 1. The second kappa shape index (κ2) is 16.2. The molecule has 0 aliphatic rings. The van der Waals surface area contributed by atoms with Crippen LogP contribution >= 0.6 is 0 Å². The van der Waals surface area contributed by atoms with Crippen molar-refractivity contribution in [3.05, 3.63) is 129 Å². The standard InChI is InChI=1S/C34H36N2O10/c1-42-28-12-8-26(9-13-28)34(25-6-4-3-5-7-25,27-10-14-29(43-2)15-11-27)46-22-24(21-45-32(40)17-16-31(38)39)20-44-23-36-19-18-30(37)35-33(36)41/h3-15,18-19,24H,16-17,20-23H2,1-2H3,(H,38,39)(H,35,37,41). The highest BCUT2D eigenvalue weighted by atomic mass is 16.5. The number of carboxylic acids is 1. The quantitative estimate of drug-likeness (QED) is 0.130. The minimum absolute atomic E-state index is 0.00608. The molecule has 0 spiro atoms. The maximum Gasteiger partial charge on any atom is 0.330 e. The summed E-state index contributed by atoms with van der Waals surface area (Å²) in [4.78, 5) is 49.0. The first-order chi connectivity index (χ1) is 22.2. The fraction of sp³-hybridized carbons (Fsp3) is 0.294. The Morgan fingerprint density at radius 3 is 1.91 bits per heavy atom. The molecule has 0 aliphatic carbocycles. The SMILES string of the molecule is COc1ccc(C(OCC(COCn2ccc(=O)[nH]c2=O)COC(=O)CCC(=O)O)(c2ccccc2)c2ccc(OC)cc2)cc1. The number of rotatable bonds is 17. The lowest BCUT2D eigenvalue weighted by Gasteiger charge is -2.37. The molecule has 4 aromatic rings. The maximum absolute atomic E-state index is 12.3. The maximum atomic E-state index is 12.3. The molecule has 0 bridgehead atoms. The minimum Gasteiger partial charge on any atom is -0.497 e. The van der Waals surface area contributed by atoms with Crippen LogP contribution in [0.15, 0.2) is 101 Å². The number of esters is 1. The minimum atomic E-state index is -1.15. The van der Waals surface area contributed by atoms with E-state index in [1.165, 1.54) is 16.8 Å². The van der Waals surface area contributed by atoms with Gasteiger partial charge < -0.3 is 28.8 Å². The molecule has 4 rings (SSSR count). The predicted octanol–water partition coefficient (Wildman–Crippen LogP) is 3.56. The fourth-order valence-electron chi connectivity index (χ4n) is 4.82. The first kappa shape index (κ1) is 33.7. The molecule has 1 heterocycles. The monoisotopic (exact) mass is 632 g/mol. The van der Waals surface area contributed by atoms with Crippen molar-refractivity contribution in [1.82, 2.24) is 9.55 Å². The predicted molar refractivity (Wildman–Crippen MR) is 167 cm³/mol. The molecule has 2 N–H and O–H groups in total. The zero-order chi connectivity index (χ0) is 32.9. The lowest BCUT2D eigenvalue weighted by molar-refractivity contribution is -0.150. The van der Waals surface area contributed by atoms with Crippen LogP contribution in [0.3, 0.4) is 0 Å². The summed E-state index contributed by atoms with van der Waals surface area (Å²) in [7, 11) is 3.17. The summed E-state index contributed by atoms with van der Waals surface area (Å²) in [5.41, 5.74) is 0.0901. The van der Waals surface area contributed by atoms with Gasteiger partial charge in [0.15, 0.2) is 0 Å². The number of H-pyrrole nitrogens is 1. The van der Waals surface area contributed by atoms with Crippen LogP contribution in [0.25, 0.3) is 0 Å². The first-order valence-electron chi connectivity index (χ1n) is 14.5. The average Bonchev–Trinajstić information content (AvgIpc) is 3.08. The third kappa shape index (κ3) is 8.71. The van der Waals surface area contributed by atoms with E-state index < -0.39 is 34.7 Å².